The zero-order valence-corrected chi connectivity index (χ0v) is 51.8. The van der Waals surface area contributed by atoms with Crippen molar-refractivity contribution in [3.05, 3.63) is 314 Å². The van der Waals surface area contributed by atoms with E-state index in [0.29, 0.717) is 46.1 Å². The van der Waals surface area contributed by atoms with Gasteiger partial charge in [-0.15, -0.1) is 0 Å². The lowest BCUT2D eigenvalue weighted by atomic mass is 9.99. The van der Waals surface area contributed by atoms with Gasteiger partial charge in [0.05, 0.1) is 61.6 Å². The Hall–Kier alpha value is -12.8. The van der Waals surface area contributed by atoms with Crippen LogP contribution in [0.25, 0.3) is 173 Å². The highest BCUT2D eigenvalue weighted by Gasteiger charge is 2.33. The zero-order valence-electron chi connectivity index (χ0n) is 51.8. The van der Waals surface area contributed by atoms with Crippen LogP contribution in [0, 0.1) is 13.8 Å². The molecule has 0 fully saturated rings. The van der Waals surface area contributed by atoms with Crippen LogP contribution in [0.3, 0.4) is 0 Å². The predicted octanol–water partition coefficient (Wildman–Crippen LogP) is 20.7. The van der Waals surface area contributed by atoms with Crippen molar-refractivity contribution in [1.29, 1.82) is 0 Å². The fraction of sp³-hybridized carbons (Fsp3) is 0.0235. The highest BCUT2D eigenvalue weighted by Crippen LogP contribution is 2.50. The van der Waals surface area contributed by atoms with Gasteiger partial charge >= 0.3 is 0 Å². The molecule has 0 saturated heterocycles. The lowest BCUT2D eigenvalue weighted by Crippen LogP contribution is -2.14. The maximum absolute atomic E-state index is 5.73. The number of rotatable bonds is 11. The third kappa shape index (κ3) is 9.37. The highest BCUT2D eigenvalue weighted by molar-refractivity contribution is 6.16. The van der Waals surface area contributed by atoms with Gasteiger partial charge in [0.1, 0.15) is 0 Å². The average Bonchev–Trinajstić information content (AvgIpc) is 1.63. The van der Waals surface area contributed by atoms with Gasteiger partial charge in [0.25, 0.3) is 0 Å². The van der Waals surface area contributed by atoms with Gasteiger partial charge in [-0.3, -0.25) is 0 Å². The highest BCUT2D eigenvalue weighted by atomic mass is 15.1. The molecule has 0 bridgehead atoms. The van der Waals surface area contributed by atoms with E-state index in [1.54, 1.807) is 0 Å². The molecule has 10 nitrogen and oxygen atoms in total. The van der Waals surface area contributed by atoms with Gasteiger partial charge in [0.15, 0.2) is 34.9 Å². The molecule has 0 aliphatic carbocycles. The lowest BCUT2D eigenvalue weighted by Gasteiger charge is -2.27. The van der Waals surface area contributed by atoms with Gasteiger partial charge in [-0.25, -0.2) is 34.9 Å². The topological polar surface area (TPSA) is 105 Å². The molecule has 0 saturated carbocycles. The van der Waals surface area contributed by atoms with E-state index >= 15 is 0 Å². The second-order valence-electron chi connectivity index (χ2n) is 24.2. The smallest absolute Gasteiger partial charge is 0.166 e. The summed E-state index contributed by atoms with van der Waals surface area (Å²) in [6.45, 7) is 4.34. The van der Waals surface area contributed by atoms with Gasteiger partial charge in [-0.05, 0) is 80.6 Å². The first-order valence-electron chi connectivity index (χ1n) is 32.0. The number of aromatic nitrogens is 10. The van der Waals surface area contributed by atoms with Crippen LogP contribution in [0.15, 0.2) is 303 Å². The normalized spacial score (nSPS) is 11.7. The largest absolute Gasteiger partial charge is 0.306 e. The van der Waals surface area contributed by atoms with Crippen molar-refractivity contribution in [2.24, 2.45) is 0 Å². The zero-order chi connectivity index (χ0) is 63.1. The number of para-hydroxylation sites is 3. The van der Waals surface area contributed by atoms with Crippen LogP contribution in [-0.4, -0.2) is 48.6 Å². The minimum Gasteiger partial charge on any atom is -0.306 e. The second kappa shape index (κ2) is 22.6. The molecule has 0 unspecified atom stereocenters. The number of hydrogen-bond donors (Lipinski definition) is 0. The summed E-state index contributed by atoms with van der Waals surface area (Å²) in [5.74, 6) is 2.98. The van der Waals surface area contributed by atoms with Crippen LogP contribution in [-0.2, 0) is 0 Å². The van der Waals surface area contributed by atoms with Gasteiger partial charge in [0, 0.05) is 76.8 Å². The Balaban J connectivity index is 1.11. The fourth-order valence-electron chi connectivity index (χ4n) is 13.9. The molecule has 10 heteroatoms. The standard InChI is InChI=1S/C85H56N10/c1-53-43-47-74-65(49-53)62-36-19-22-41-72(62)93(74)77-67(84-89-80(56-27-10-4-11-28-56)87-81(90-84)57-29-12-5-13-30-57)52-68(85-91-82(58-31-14-6-15-32-58)88-83(92-85)59-33-16-7-17-34-59)78(94-73-42-23-20-37-63(73)66-50-54(2)44-48-75(66)94)79(77)95-71-40-21-18-35-61(71)64-46-45-60(51-76(64)95)70-39-24-38-69(86-70)55-25-8-3-9-26-55/h3-52H,1-2H3. The number of hydrogen-bond acceptors (Lipinski definition) is 7. The monoisotopic (exact) mass is 1220 g/mol. The molecule has 18 rings (SSSR count). The van der Waals surface area contributed by atoms with Gasteiger partial charge in [-0.1, -0.05) is 248 Å². The minimum absolute atomic E-state index is 0.446. The third-order valence-corrected chi connectivity index (χ3v) is 18.2. The molecule has 6 heterocycles. The van der Waals surface area contributed by atoms with Gasteiger partial charge in [0.2, 0.25) is 0 Å². The second-order valence-corrected chi connectivity index (χ2v) is 24.2. The van der Waals surface area contributed by atoms with Crippen molar-refractivity contribution < 1.29 is 0 Å². The van der Waals surface area contributed by atoms with E-state index in [4.69, 9.17) is 34.9 Å². The van der Waals surface area contributed by atoms with Crippen molar-refractivity contribution >= 4 is 65.4 Å². The van der Waals surface area contributed by atoms with Gasteiger partial charge < -0.3 is 13.7 Å². The Morgan fingerprint density at radius 1 is 0.200 bits per heavy atom. The van der Waals surface area contributed by atoms with E-state index < -0.39 is 0 Å². The van der Waals surface area contributed by atoms with E-state index in [1.165, 1.54) is 0 Å². The van der Waals surface area contributed by atoms with E-state index in [0.717, 1.165) is 138 Å². The van der Waals surface area contributed by atoms with Crippen molar-refractivity contribution in [2.75, 3.05) is 0 Å². The molecule has 0 spiro atoms. The maximum Gasteiger partial charge on any atom is 0.166 e. The van der Waals surface area contributed by atoms with Crippen LogP contribution in [0.1, 0.15) is 11.1 Å². The molecule has 0 atom stereocenters. The van der Waals surface area contributed by atoms with Crippen LogP contribution in [0.4, 0.5) is 0 Å². The molecule has 0 aliphatic rings. The Morgan fingerprint density at radius 2 is 0.526 bits per heavy atom. The summed E-state index contributed by atoms with van der Waals surface area (Å²) < 4.78 is 7.41. The minimum atomic E-state index is 0.446. The number of pyridine rings is 1. The average molecular weight is 1220 g/mol. The van der Waals surface area contributed by atoms with Crippen LogP contribution >= 0.6 is 0 Å². The lowest BCUT2D eigenvalue weighted by molar-refractivity contribution is 1.02. The number of benzene rings is 12. The molecule has 12 aromatic carbocycles. The summed E-state index contributed by atoms with van der Waals surface area (Å²) in [6, 6.07) is 107. The van der Waals surface area contributed by atoms with Crippen LogP contribution < -0.4 is 0 Å². The number of aryl methyl sites for hydroxylation is 2. The first-order chi connectivity index (χ1) is 46.9. The summed E-state index contributed by atoms with van der Waals surface area (Å²) in [5, 5.41) is 6.52. The molecule has 0 amide bonds. The Labute approximate surface area is 547 Å². The van der Waals surface area contributed by atoms with Crippen molar-refractivity contribution in [2.45, 2.75) is 13.8 Å². The van der Waals surface area contributed by atoms with E-state index in [2.05, 4.69) is 252 Å². The van der Waals surface area contributed by atoms with Crippen molar-refractivity contribution in [1.82, 2.24) is 48.6 Å². The maximum atomic E-state index is 5.73. The van der Waals surface area contributed by atoms with Crippen LogP contribution in [0.2, 0.25) is 0 Å². The molecule has 0 radical (unpaired) electrons. The Bertz CT molecular complexity index is 5650. The SMILES string of the molecule is Cc1ccc2c(c1)c1ccccc1n2-c1c(-c2nc(-c3ccccc3)nc(-c3ccccc3)n2)cc(-c2nc(-c3ccccc3)nc(-c3ccccc3)n2)c(-n2c3ccccc3c3cc(C)ccc32)c1-n1c2ccccc2c2ccc(-c3cccc(-c4ccccc4)n3)cc21. The van der Waals surface area contributed by atoms with Gasteiger partial charge in [-0.2, -0.15) is 0 Å². The van der Waals surface area contributed by atoms with E-state index in [1.807, 2.05) is 78.9 Å². The molecule has 18 aromatic rings. The summed E-state index contributed by atoms with van der Waals surface area (Å²) in [4.78, 5) is 39.0. The molecule has 0 aliphatic heterocycles. The number of fused-ring (bicyclic) bond motifs is 9. The van der Waals surface area contributed by atoms with Crippen molar-refractivity contribution in [3.63, 3.8) is 0 Å². The summed E-state index contributed by atoms with van der Waals surface area (Å²) in [7, 11) is 0. The van der Waals surface area contributed by atoms with E-state index in [-0.39, 0.29) is 0 Å². The molecule has 6 aromatic heterocycles. The van der Waals surface area contributed by atoms with E-state index in [9.17, 15) is 0 Å². The first-order valence-corrected chi connectivity index (χ1v) is 32.0. The number of nitrogens with zero attached hydrogens (tertiary/aromatic N) is 10. The Morgan fingerprint density at radius 3 is 0.947 bits per heavy atom. The quantitative estimate of drug-likeness (QED) is 0.127. The van der Waals surface area contributed by atoms with Crippen molar-refractivity contribution in [3.8, 4) is 108 Å². The molecule has 95 heavy (non-hydrogen) atoms. The molecule has 446 valence electrons. The molecular weight excluding hydrogens is 1160 g/mol. The molecular formula is C85H56N10. The Kier molecular flexibility index (Phi) is 13.1. The summed E-state index contributed by atoms with van der Waals surface area (Å²) >= 11 is 0. The van der Waals surface area contributed by atoms with Crippen LogP contribution in [0.5, 0.6) is 0 Å². The fourth-order valence-corrected chi connectivity index (χ4v) is 13.9. The summed E-state index contributed by atoms with van der Waals surface area (Å²) in [5.41, 5.74) is 19.2. The predicted molar refractivity (Wildman–Crippen MR) is 387 cm³/mol. The third-order valence-electron chi connectivity index (χ3n) is 18.2. The summed E-state index contributed by atoms with van der Waals surface area (Å²) in [6.07, 6.45) is 0. The molecule has 0 N–H and O–H groups in total. The first kappa shape index (κ1) is 55.1.